The molecule has 0 radical (unpaired) electrons. The molecule has 0 amide bonds. The van der Waals surface area contributed by atoms with Crippen molar-refractivity contribution >= 4 is 11.6 Å². The Morgan fingerprint density at radius 2 is 2.14 bits per heavy atom. The zero-order chi connectivity index (χ0) is 15.4. The molecule has 2 aromatic rings. The van der Waals surface area contributed by atoms with Gasteiger partial charge in [-0.2, -0.15) is 5.10 Å². The molecule has 5 heteroatoms. The maximum Gasteiger partial charge on any atom is 0.140 e. The lowest BCUT2D eigenvalue weighted by molar-refractivity contribution is 0.268. The van der Waals surface area contributed by atoms with Gasteiger partial charge in [-0.3, -0.25) is 4.68 Å². The number of aromatic nitrogens is 3. The lowest BCUT2D eigenvalue weighted by Gasteiger charge is -2.31. The van der Waals surface area contributed by atoms with E-state index in [2.05, 4.69) is 27.5 Å². The molecule has 22 heavy (non-hydrogen) atoms. The van der Waals surface area contributed by atoms with Gasteiger partial charge in [-0.1, -0.05) is 43.0 Å². The average Bonchev–Trinajstić information content (AvgIpc) is 2.94. The SMILES string of the molecule is Cn1ncnc1CN[C@@H](c1cccc(Cl)c1)C1CCCCC1. The van der Waals surface area contributed by atoms with Crippen LogP contribution in [0.1, 0.15) is 49.5 Å². The Balaban J connectivity index is 1.77. The molecule has 1 heterocycles. The van der Waals surface area contributed by atoms with Crippen LogP contribution in [-0.2, 0) is 13.6 Å². The Morgan fingerprint density at radius 1 is 1.32 bits per heavy atom. The molecular weight excluding hydrogens is 296 g/mol. The highest BCUT2D eigenvalue weighted by molar-refractivity contribution is 6.30. The second-order valence-electron chi connectivity index (χ2n) is 6.11. The number of halogens is 1. The zero-order valence-corrected chi connectivity index (χ0v) is 13.8. The number of aryl methyl sites for hydroxylation is 1. The molecule has 1 fully saturated rings. The van der Waals surface area contributed by atoms with Crippen LogP contribution in [0.2, 0.25) is 5.02 Å². The van der Waals surface area contributed by atoms with Gasteiger partial charge in [0.2, 0.25) is 0 Å². The monoisotopic (exact) mass is 318 g/mol. The van der Waals surface area contributed by atoms with E-state index in [9.17, 15) is 0 Å². The summed E-state index contributed by atoms with van der Waals surface area (Å²) in [5.74, 6) is 1.63. The van der Waals surface area contributed by atoms with Crippen LogP contribution in [0.15, 0.2) is 30.6 Å². The van der Waals surface area contributed by atoms with Gasteiger partial charge in [-0.25, -0.2) is 4.98 Å². The third-order valence-corrected chi connectivity index (χ3v) is 4.85. The van der Waals surface area contributed by atoms with Crippen LogP contribution >= 0.6 is 11.6 Å². The smallest absolute Gasteiger partial charge is 0.140 e. The van der Waals surface area contributed by atoms with Crippen LogP contribution in [0.25, 0.3) is 0 Å². The van der Waals surface area contributed by atoms with Crippen molar-refractivity contribution in [1.82, 2.24) is 20.1 Å². The van der Waals surface area contributed by atoms with E-state index in [0.29, 0.717) is 12.0 Å². The van der Waals surface area contributed by atoms with Crippen molar-refractivity contribution in [3.63, 3.8) is 0 Å². The van der Waals surface area contributed by atoms with Crippen LogP contribution in [-0.4, -0.2) is 14.8 Å². The molecule has 0 unspecified atom stereocenters. The van der Waals surface area contributed by atoms with E-state index >= 15 is 0 Å². The fraction of sp³-hybridized carbons (Fsp3) is 0.529. The minimum Gasteiger partial charge on any atom is -0.303 e. The van der Waals surface area contributed by atoms with Crippen LogP contribution in [0.4, 0.5) is 0 Å². The second kappa shape index (κ2) is 7.25. The fourth-order valence-corrected chi connectivity index (χ4v) is 3.60. The molecule has 4 nitrogen and oxygen atoms in total. The van der Waals surface area contributed by atoms with Crippen molar-refractivity contribution in [2.24, 2.45) is 13.0 Å². The van der Waals surface area contributed by atoms with E-state index in [-0.39, 0.29) is 0 Å². The molecule has 1 aliphatic carbocycles. The topological polar surface area (TPSA) is 42.7 Å². The first-order chi connectivity index (χ1) is 10.7. The van der Waals surface area contributed by atoms with Gasteiger partial charge in [0.15, 0.2) is 0 Å². The van der Waals surface area contributed by atoms with Gasteiger partial charge >= 0.3 is 0 Å². The quantitative estimate of drug-likeness (QED) is 0.909. The lowest BCUT2D eigenvalue weighted by Crippen LogP contribution is -2.30. The van der Waals surface area contributed by atoms with Crippen molar-refractivity contribution in [2.45, 2.75) is 44.7 Å². The highest BCUT2D eigenvalue weighted by Gasteiger charge is 2.25. The van der Waals surface area contributed by atoms with Crippen molar-refractivity contribution < 1.29 is 0 Å². The minimum atomic E-state index is 0.329. The van der Waals surface area contributed by atoms with Crippen molar-refractivity contribution in [3.8, 4) is 0 Å². The fourth-order valence-electron chi connectivity index (χ4n) is 3.41. The Morgan fingerprint density at radius 3 is 2.82 bits per heavy atom. The maximum absolute atomic E-state index is 6.20. The third-order valence-electron chi connectivity index (χ3n) is 4.61. The molecule has 1 aromatic carbocycles. The van der Waals surface area contributed by atoms with Gasteiger partial charge in [0.05, 0.1) is 6.54 Å². The van der Waals surface area contributed by atoms with E-state index in [1.165, 1.54) is 37.7 Å². The van der Waals surface area contributed by atoms with Crippen molar-refractivity contribution in [2.75, 3.05) is 0 Å². The van der Waals surface area contributed by atoms with E-state index in [4.69, 9.17) is 11.6 Å². The van der Waals surface area contributed by atoms with Gasteiger partial charge in [-0.15, -0.1) is 0 Å². The maximum atomic E-state index is 6.20. The normalized spacial score (nSPS) is 17.5. The number of nitrogens with one attached hydrogen (secondary N) is 1. The summed E-state index contributed by atoms with van der Waals surface area (Å²) in [5, 5.41) is 8.64. The number of benzene rings is 1. The largest absolute Gasteiger partial charge is 0.303 e. The Bertz CT molecular complexity index is 604. The molecule has 0 spiro atoms. The molecule has 1 N–H and O–H groups in total. The first kappa shape index (κ1) is 15.5. The minimum absolute atomic E-state index is 0.329. The summed E-state index contributed by atoms with van der Waals surface area (Å²) >= 11 is 6.20. The van der Waals surface area contributed by atoms with Gasteiger partial charge in [0.25, 0.3) is 0 Å². The predicted molar refractivity (Wildman–Crippen MR) is 88.6 cm³/mol. The molecule has 3 rings (SSSR count). The van der Waals surface area contributed by atoms with Crippen LogP contribution in [0.5, 0.6) is 0 Å². The Hall–Kier alpha value is -1.39. The molecular formula is C17H23ClN4. The number of hydrogen-bond donors (Lipinski definition) is 1. The summed E-state index contributed by atoms with van der Waals surface area (Å²) in [6, 6.07) is 8.57. The first-order valence-electron chi connectivity index (χ1n) is 8.06. The second-order valence-corrected chi connectivity index (χ2v) is 6.55. The van der Waals surface area contributed by atoms with Crippen LogP contribution in [0.3, 0.4) is 0 Å². The molecule has 0 bridgehead atoms. The van der Waals surface area contributed by atoms with Crippen LogP contribution < -0.4 is 5.32 Å². The molecule has 0 aliphatic heterocycles. The summed E-state index contributed by atoms with van der Waals surface area (Å²) in [6.07, 6.45) is 8.18. The summed E-state index contributed by atoms with van der Waals surface area (Å²) < 4.78 is 1.82. The van der Waals surface area contributed by atoms with Crippen LogP contribution in [0, 0.1) is 5.92 Å². The van der Waals surface area contributed by atoms with E-state index < -0.39 is 0 Å². The molecule has 0 saturated heterocycles. The van der Waals surface area contributed by atoms with Gasteiger partial charge < -0.3 is 5.32 Å². The number of rotatable bonds is 5. The zero-order valence-electron chi connectivity index (χ0n) is 13.0. The first-order valence-corrected chi connectivity index (χ1v) is 8.43. The van der Waals surface area contributed by atoms with E-state index in [0.717, 1.165) is 17.4 Å². The predicted octanol–water partition coefficient (Wildman–Crippen LogP) is 3.88. The summed E-state index contributed by atoms with van der Waals surface area (Å²) in [4.78, 5) is 4.31. The average molecular weight is 319 g/mol. The molecule has 118 valence electrons. The summed E-state index contributed by atoms with van der Waals surface area (Å²) in [5.41, 5.74) is 1.28. The van der Waals surface area contributed by atoms with Gasteiger partial charge in [0, 0.05) is 18.1 Å². The summed E-state index contributed by atoms with van der Waals surface area (Å²) in [6.45, 7) is 0.726. The Kier molecular flexibility index (Phi) is 5.11. The summed E-state index contributed by atoms with van der Waals surface area (Å²) in [7, 11) is 1.93. The standard InChI is InChI=1S/C17H23ClN4/c1-22-16(20-12-21-22)11-19-17(13-6-3-2-4-7-13)14-8-5-9-15(18)10-14/h5,8-10,12-13,17,19H,2-4,6-7,11H2,1H3/t17-/m1/s1. The highest BCUT2D eigenvalue weighted by Crippen LogP contribution is 2.35. The lowest BCUT2D eigenvalue weighted by atomic mass is 9.81. The number of hydrogen-bond acceptors (Lipinski definition) is 3. The van der Waals surface area contributed by atoms with Crippen molar-refractivity contribution in [1.29, 1.82) is 0 Å². The van der Waals surface area contributed by atoms with E-state index in [1.54, 1.807) is 6.33 Å². The van der Waals surface area contributed by atoms with Crippen molar-refractivity contribution in [3.05, 3.63) is 47.0 Å². The molecule has 1 saturated carbocycles. The highest BCUT2D eigenvalue weighted by atomic mass is 35.5. The molecule has 1 aromatic heterocycles. The third kappa shape index (κ3) is 3.68. The van der Waals surface area contributed by atoms with E-state index in [1.807, 2.05) is 23.9 Å². The molecule has 1 atom stereocenters. The Labute approximate surface area is 136 Å². The number of nitrogens with zero attached hydrogens (tertiary/aromatic N) is 3. The van der Waals surface area contributed by atoms with Gasteiger partial charge in [-0.05, 0) is 36.5 Å². The molecule has 1 aliphatic rings. The van der Waals surface area contributed by atoms with Gasteiger partial charge in [0.1, 0.15) is 12.2 Å².